The molecule has 1 aromatic heterocycles. The second-order valence-electron chi connectivity index (χ2n) is 4.72. The van der Waals surface area contributed by atoms with E-state index in [1.165, 1.54) is 0 Å². The summed E-state index contributed by atoms with van der Waals surface area (Å²) < 4.78 is 23.0. The molecule has 1 unspecified atom stereocenters. The van der Waals surface area contributed by atoms with Crippen LogP contribution in [-0.4, -0.2) is 49.4 Å². The molecule has 0 aliphatic carbocycles. The zero-order valence-electron chi connectivity index (χ0n) is 10.8. The van der Waals surface area contributed by atoms with Crippen molar-refractivity contribution in [3.8, 4) is 0 Å². The van der Waals surface area contributed by atoms with Gasteiger partial charge in [0.05, 0.1) is 17.2 Å². The molecule has 1 aromatic rings. The minimum atomic E-state index is -2.84. The highest BCUT2D eigenvalue weighted by molar-refractivity contribution is 7.91. The predicted octanol–water partition coefficient (Wildman–Crippen LogP) is 0.742. The van der Waals surface area contributed by atoms with Crippen LogP contribution in [0.3, 0.4) is 0 Å². The summed E-state index contributed by atoms with van der Waals surface area (Å²) in [5.41, 5.74) is 1.99. The fourth-order valence-corrected chi connectivity index (χ4v) is 3.82. The van der Waals surface area contributed by atoms with Gasteiger partial charge in [0.15, 0.2) is 9.84 Å². The number of anilines is 1. The van der Waals surface area contributed by atoms with Crippen LogP contribution in [0, 0.1) is 0 Å². The summed E-state index contributed by atoms with van der Waals surface area (Å²) >= 11 is 0. The molecule has 0 amide bonds. The van der Waals surface area contributed by atoms with Crippen molar-refractivity contribution < 1.29 is 8.42 Å². The van der Waals surface area contributed by atoms with Crippen LogP contribution in [0.25, 0.3) is 0 Å². The standard InChI is InChI=1S/C12H19N3O2S/c1-10-9-18(16,17)6-5-15(10)8-12-7-11(13-2)3-4-14-12/h3-4,7,10H,5-6,8-9H2,1-2H3,(H,13,14). The van der Waals surface area contributed by atoms with Crippen molar-refractivity contribution in [2.75, 3.05) is 30.4 Å². The number of hydrogen-bond donors (Lipinski definition) is 1. The van der Waals surface area contributed by atoms with Crippen LogP contribution < -0.4 is 5.32 Å². The van der Waals surface area contributed by atoms with E-state index in [0.717, 1.165) is 11.4 Å². The van der Waals surface area contributed by atoms with Gasteiger partial charge in [0, 0.05) is 38.1 Å². The van der Waals surface area contributed by atoms with E-state index in [1.807, 2.05) is 26.1 Å². The van der Waals surface area contributed by atoms with Crippen LogP contribution in [0.15, 0.2) is 18.3 Å². The average molecular weight is 269 g/mol. The summed E-state index contributed by atoms with van der Waals surface area (Å²) in [5.74, 6) is 0.502. The molecule has 1 saturated heterocycles. The van der Waals surface area contributed by atoms with Crippen LogP contribution >= 0.6 is 0 Å². The summed E-state index contributed by atoms with van der Waals surface area (Å²) in [4.78, 5) is 6.49. The van der Waals surface area contributed by atoms with E-state index in [-0.39, 0.29) is 17.5 Å². The topological polar surface area (TPSA) is 62.3 Å². The number of hydrogen-bond acceptors (Lipinski definition) is 5. The smallest absolute Gasteiger partial charge is 0.153 e. The minimum Gasteiger partial charge on any atom is -0.388 e. The molecule has 0 bridgehead atoms. The molecule has 2 rings (SSSR count). The Kier molecular flexibility index (Phi) is 3.87. The van der Waals surface area contributed by atoms with Crippen LogP contribution in [0.5, 0.6) is 0 Å². The lowest BCUT2D eigenvalue weighted by atomic mass is 10.2. The monoisotopic (exact) mass is 269 g/mol. The van der Waals surface area contributed by atoms with Crippen molar-refractivity contribution in [1.29, 1.82) is 0 Å². The highest BCUT2D eigenvalue weighted by Crippen LogP contribution is 2.15. The van der Waals surface area contributed by atoms with Crippen LogP contribution in [0.2, 0.25) is 0 Å². The number of nitrogens with one attached hydrogen (secondary N) is 1. The molecule has 0 saturated carbocycles. The van der Waals surface area contributed by atoms with Crippen LogP contribution in [0.4, 0.5) is 5.69 Å². The maximum Gasteiger partial charge on any atom is 0.153 e. The molecule has 2 heterocycles. The third-order valence-electron chi connectivity index (χ3n) is 3.28. The zero-order chi connectivity index (χ0) is 13.2. The largest absolute Gasteiger partial charge is 0.388 e. The molecule has 0 radical (unpaired) electrons. The van der Waals surface area contributed by atoms with Gasteiger partial charge in [-0.1, -0.05) is 0 Å². The van der Waals surface area contributed by atoms with Crippen molar-refractivity contribution in [2.24, 2.45) is 0 Å². The maximum absolute atomic E-state index is 11.5. The SMILES string of the molecule is CNc1ccnc(CN2CCS(=O)(=O)CC2C)c1. The van der Waals surface area contributed by atoms with E-state index in [4.69, 9.17) is 0 Å². The highest BCUT2D eigenvalue weighted by Gasteiger charge is 2.28. The third kappa shape index (κ3) is 3.20. The van der Waals surface area contributed by atoms with Gasteiger partial charge in [-0.15, -0.1) is 0 Å². The van der Waals surface area contributed by atoms with Gasteiger partial charge in [-0.25, -0.2) is 8.42 Å². The van der Waals surface area contributed by atoms with Gasteiger partial charge in [-0.05, 0) is 19.1 Å². The van der Waals surface area contributed by atoms with E-state index in [1.54, 1.807) is 6.20 Å². The van der Waals surface area contributed by atoms with Gasteiger partial charge >= 0.3 is 0 Å². The highest BCUT2D eigenvalue weighted by atomic mass is 32.2. The Bertz CT molecular complexity index is 516. The van der Waals surface area contributed by atoms with Crippen molar-refractivity contribution in [3.05, 3.63) is 24.0 Å². The summed E-state index contributed by atoms with van der Waals surface area (Å²) in [6.45, 7) is 3.25. The molecule has 1 N–H and O–H groups in total. The van der Waals surface area contributed by atoms with Gasteiger partial charge in [-0.3, -0.25) is 9.88 Å². The lowest BCUT2D eigenvalue weighted by Gasteiger charge is -2.32. The van der Waals surface area contributed by atoms with Crippen molar-refractivity contribution in [2.45, 2.75) is 19.5 Å². The van der Waals surface area contributed by atoms with Gasteiger partial charge < -0.3 is 5.32 Å². The molecular weight excluding hydrogens is 250 g/mol. The van der Waals surface area contributed by atoms with E-state index < -0.39 is 9.84 Å². The average Bonchev–Trinajstić information content (AvgIpc) is 2.32. The molecule has 5 nitrogen and oxygen atoms in total. The zero-order valence-corrected chi connectivity index (χ0v) is 11.6. The quantitative estimate of drug-likeness (QED) is 0.877. The Balaban J connectivity index is 2.05. The number of nitrogens with zero attached hydrogens (tertiary/aromatic N) is 2. The molecule has 1 aliphatic heterocycles. The first kappa shape index (κ1) is 13.3. The minimum absolute atomic E-state index is 0.0591. The number of pyridine rings is 1. The molecule has 100 valence electrons. The Labute approximate surface area is 108 Å². The summed E-state index contributed by atoms with van der Waals surface area (Å²) in [6, 6.07) is 3.97. The third-order valence-corrected chi connectivity index (χ3v) is 5.07. The normalized spacial score (nSPS) is 23.8. The Morgan fingerprint density at radius 3 is 3.00 bits per heavy atom. The number of aromatic nitrogens is 1. The van der Waals surface area contributed by atoms with Gasteiger partial charge in [0.2, 0.25) is 0 Å². The molecule has 0 aromatic carbocycles. The second kappa shape index (κ2) is 5.24. The van der Waals surface area contributed by atoms with Crippen LogP contribution in [-0.2, 0) is 16.4 Å². The van der Waals surface area contributed by atoms with E-state index in [9.17, 15) is 8.42 Å². The predicted molar refractivity (Wildman–Crippen MR) is 72.3 cm³/mol. The molecule has 0 spiro atoms. The summed E-state index contributed by atoms with van der Waals surface area (Å²) in [5, 5.41) is 3.07. The first-order chi connectivity index (χ1) is 8.50. The van der Waals surface area contributed by atoms with Crippen molar-refractivity contribution in [1.82, 2.24) is 9.88 Å². The van der Waals surface area contributed by atoms with E-state index >= 15 is 0 Å². The van der Waals surface area contributed by atoms with E-state index in [0.29, 0.717) is 13.1 Å². The van der Waals surface area contributed by atoms with Gasteiger partial charge in [0.25, 0.3) is 0 Å². The number of rotatable bonds is 3. The molecule has 1 aliphatic rings. The molecule has 18 heavy (non-hydrogen) atoms. The Morgan fingerprint density at radius 2 is 2.33 bits per heavy atom. The fourth-order valence-electron chi connectivity index (χ4n) is 2.20. The number of sulfone groups is 1. The van der Waals surface area contributed by atoms with Gasteiger partial charge in [0.1, 0.15) is 0 Å². The van der Waals surface area contributed by atoms with Crippen LogP contribution in [0.1, 0.15) is 12.6 Å². The molecular formula is C12H19N3O2S. The summed E-state index contributed by atoms with van der Waals surface area (Å²) in [7, 11) is -0.974. The Morgan fingerprint density at radius 1 is 1.56 bits per heavy atom. The second-order valence-corrected chi connectivity index (χ2v) is 6.95. The Hall–Kier alpha value is -1.14. The van der Waals surface area contributed by atoms with Crippen molar-refractivity contribution in [3.63, 3.8) is 0 Å². The molecule has 1 atom stereocenters. The van der Waals surface area contributed by atoms with Crippen molar-refractivity contribution >= 4 is 15.5 Å². The lowest BCUT2D eigenvalue weighted by molar-refractivity contribution is 0.215. The molecule has 6 heteroatoms. The lowest BCUT2D eigenvalue weighted by Crippen LogP contribution is -2.46. The first-order valence-corrected chi connectivity index (χ1v) is 7.89. The first-order valence-electron chi connectivity index (χ1n) is 6.07. The molecule has 1 fully saturated rings. The fraction of sp³-hybridized carbons (Fsp3) is 0.583. The summed E-state index contributed by atoms with van der Waals surface area (Å²) in [6.07, 6.45) is 1.77. The van der Waals surface area contributed by atoms with Gasteiger partial charge in [-0.2, -0.15) is 0 Å². The maximum atomic E-state index is 11.5. The van der Waals surface area contributed by atoms with E-state index in [2.05, 4.69) is 15.2 Å².